The summed E-state index contributed by atoms with van der Waals surface area (Å²) < 4.78 is 6.18. The van der Waals surface area contributed by atoms with Crippen LogP contribution in [0.15, 0.2) is 0 Å². The molecular weight excluding hydrogens is 267 g/mol. The number of hydrogen-bond donors (Lipinski definition) is 0. The first-order valence-corrected chi connectivity index (χ1v) is 5.41. The average molecular weight is 275 g/mol. The number of rotatable bonds is 2. The van der Waals surface area contributed by atoms with Crippen LogP contribution < -0.4 is 0 Å². The van der Waals surface area contributed by atoms with E-state index in [1.807, 2.05) is 0 Å². The van der Waals surface area contributed by atoms with E-state index in [1.54, 1.807) is 11.5 Å². The second kappa shape index (κ2) is 4.46. The lowest BCUT2D eigenvalue weighted by molar-refractivity contribution is -0.141. The van der Waals surface area contributed by atoms with Gasteiger partial charge in [-0.1, -0.05) is 11.6 Å². The van der Waals surface area contributed by atoms with Gasteiger partial charge in [-0.05, 0) is 18.5 Å². The van der Waals surface area contributed by atoms with Crippen LogP contribution in [0.1, 0.15) is 5.82 Å². The maximum atomic E-state index is 11.3. The fourth-order valence-corrected chi connectivity index (χ4v) is 1.94. The predicted octanol–water partition coefficient (Wildman–Crippen LogP) is 1.61. The first-order chi connectivity index (χ1) is 8.02. The Morgan fingerprint density at radius 1 is 1.35 bits per heavy atom. The molecule has 0 aliphatic heterocycles. The van der Waals surface area contributed by atoms with Crippen molar-refractivity contribution < 1.29 is 9.53 Å². The first kappa shape index (κ1) is 12.1. The van der Waals surface area contributed by atoms with E-state index in [4.69, 9.17) is 23.2 Å². The van der Waals surface area contributed by atoms with Gasteiger partial charge in [0.25, 0.3) is 0 Å². The Hall–Kier alpha value is -1.40. The Bertz CT molecular complexity index is 596. The number of esters is 1. The molecule has 0 atom stereocenters. The van der Waals surface area contributed by atoms with Gasteiger partial charge in [0.1, 0.15) is 17.9 Å². The molecule has 0 spiro atoms. The van der Waals surface area contributed by atoms with Gasteiger partial charge in [0.15, 0.2) is 10.8 Å². The molecule has 0 aliphatic carbocycles. The summed E-state index contributed by atoms with van der Waals surface area (Å²) in [6.45, 7) is 1.73. The highest BCUT2D eigenvalue weighted by Crippen LogP contribution is 2.23. The molecule has 17 heavy (non-hydrogen) atoms. The van der Waals surface area contributed by atoms with E-state index < -0.39 is 5.97 Å². The smallest absolute Gasteiger partial charge is 0.325 e. The van der Waals surface area contributed by atoms with Crippen molar-refractivity contribution in [1.82, 2.24) is 19.5 Å². The third-order valence-electron chi connectivity index (χ3n) is 2.24. The van der Waals surface area contributed by atoms with E-state index in [9.17, 15) is 4.79 Å². The molecule has 0 saturated carbocycles. The van der Waals surface area contributed by atoms with Crippen molar-refractivity contribution >= 4 is 40.3 Å². The van der Waals surface area contributed by atoms with Crippen molar-refractivity contribution in [2.45, 2.75) is 13.5 Å². The van der Waals surface area contributed by atoms with Crippen LogP contribution in [0.5, 0.6) is 0 Å². The minimum Gasteiger partial charge on any atom is -0.468 e. The molecule has 0 bridgehead atoms. The number of aryl methyl sites for hydroxylation is 1. The second-order valence-corrected chi connectivity index (χ2v) is 3.97. The highest BCUT2D eigenvalue weighted by molar-refractivity contribution is 6.35. The number of carbonyl (C=O) groups excluding carboxylic acids is 1. The standard InChI is InChI=1S/C9H8Cl2N4O2/c1-4-12-8-6(7(10)13-9(11)14-8)15(4)3-5(16)17-2/h3H2,1-2H3. The summed E-state index contributed by atoms with van der Waals surface area (Å²) in [4.78, 5) is 23.2. The Kier molecular flexibility index (Phi) is 3.17. The van der Waals surface area contributed by atoms with Crippen LogP contribution in [0.4, 0.5) is 0 Å². The topological polar surface area (TPSA) is 69.9 Å². The SMILES string of the molecule is COC(=O)Cn1c(C)nc2nc(Cl)nc(Cl)c21. The molecule has 0 fully saturated rings. The zero-order chi connectivity index (χ0) is 12.6. The highest BCUT2D eigenvalue weighted by Gasteiger charge is 2.16. The number of carbonyl (C=O) groups is 1. The van der Waals surface area contributed by atoms with Crippen LogP contribution in [0, 0.1) is 6.92 Å². The quantitative estimate of drug-likeness (QED) is 0.473. The van der Waals surface area contributed by atoms with Gasteiger partial charge in [0.2, 0.25) is 5.28 Å². The summed E-state index contributed by atoms with van der Waals surface area (Å²) in [5.41, 5.74) is 0.829. The van der Waals surface area contributed by atoms with Crippen molar-refractivity contribution in [3.63, 3.8) is 0 Å². The summed E-state index contributed by atoms with van der Waals surface area (Å²) in [6, 6.07) is 0. The molecule has 0 aliphatic rings. The predicted molar refractivity (Wildman–Crippen MR) is 62.1 cm³/mol. The number of aromatic nitrogens is 4. The van der Waals surface area contributed by atoms with E-state index >= 15 is 0 Å². The molecule has 0 amide bonds. The number of ether oxygens (including phenoxy) is 1. The van der Waals surface area contributed by atoms with E-state index in [0.29, 0.717) is 17.0 Å². The third-order valence-corrected chi connectivity index (χ3v) is 2.67. The van der Waals surface area contributed by atoms with E-state index in [0.717, 1.165) is 0 Å². The van der Waals surface area contributed by atoms with Crippen molar-refractivity contribution in [1.29, 1.82) is 0 Å². The molecule has 2 rings (SSSR count). The van der Waals surface area contributed by atoms with Crippen LogP contribution in [-0.2, 0) is 16.1 Å². The average Bonchev–Trinajstić information content (AvgIpc) is 2.55. The van der Waals surface area contributed by atoms with Crippen molar-refractivity contribution in [2.75, 3.05) is 7.11 Å². The molecule has 0 aromatic carbocycles. The number of halogens is 2. The van der Waals surface area contributed by atoms with Crippen LogP contribution in [0.3, 0.4) is 0 Å². The summed E-state index contributed by atoms with van der Waals surface area (Å²) in [6.07, 6.45) is 0. The van der Waals surface area contributed by atoms with Gasteiger partial charge in [-0.2, -0.15) is 4.98 Å². The molecule has 2 aromatic heterocycles. The molecule has 90 valence electrons. The fourth-order valence-electron chi connectivity index (χ4n) is 1.46. The van der Waals surface area contributed by atoms with Gasteiger partial charge >= 0.3 is 5.97 Å². The van der Waals surface area contributed by atoms with Crippen molar-refractivity contribution in [3.8, 4) is 0 Å². The minimum absolute atomic E-state index is 0.00352. The van der Waals surface area contributed by atoms with E-state index in [1.165, 1.54) is 7.11 Å². The lowest BCUT2D eigenvalue weighted by Gasteiger charge is -2.05. The summed E-state index contributed by atoms with van der Waals surface area (Å²) in [7, 11) is 1.31. The molecule has 2 heterocycles. The number of hydrogen-bond acceptors (Lipinski definition) is 5. The van der Waals surface area contributed by atoms with E-state index in [2.05, 4.69) is 19.7 Å². The summed E-state index contributed by atoms with van der Waals surface area (Å²) >= 11 is 11.6. The molecule has 2 aromatic rings. The largest absolute Gasteiger partial charge is 0.468 e. The molecule has 0 N–H and O–H groups in total. The Balaban J connectivity index is 2.62. The van der Waals surface area contributed by atoms with Crippen molar-refractivity contribution in [3.05, 3.63) is 16.3 Å². The van der Waals surface area contributed by atoms with Crippen LogP contribution in [0.25, 0.3) is 11.2 Å². The number of nitrogens with zero attached hydrogens (tertiary/aromatic N) is 4. The van der Waals surface area contributed by atoms with Gasteiger partial charge in [-0.25, -0.2) is 9.97 Å². The zero-order valence-corrected chi connectivity index (χ0v) is 10.6. The second-order valence-electron chi connectivity index (χ2n) is 3.28. The van der Waals surface area contributed by atoms with Crippen LogP contribution in [-0.4, -0.2) is 32.6 Å². The van der Waals surface area contributed by atoms with Crippen LogP contribution >= 0.6 is 23.2 Å². The maximum Gasteiger partial charge on any atom is 0.325 e. The lowest BCUT2D eigenvalue weighted by atomic mass is 10.5. The number of imidazole rings is 1. The molecule has 6 nitrogen and oxygen atoms in total. The van der Waals surface area contributed by atoms with Crippen LogP contribution in [0.2, 0.25) is 10.4 Å². The third kappa shape index (κ3) is 2.18. The van der Waals surface area contributed by atoms with Crippen molar-refractivity contribution in [2.24, 2.45) is 0 Å². The molecule has 0 radical (unpaired) electrons. The normalized spacial score (nSPS) is 10.8. The Labute approximate surface area is 107 Å². The van der Waals surface area contributed by atoms with Gasteiger partial charge < -0.3 is 9.30 Å². The monoisotopic (exact) mass is 274 g/mol. The molecule has 8 heteroatoms. The molecule has 0 unspecified atom stereocenters. The summed E-state index contributed by atoms with van der Waals surface area (Å²) in [5.74, 6) is 0.183. The van der Waals surface area contributed by atoms with Gasteiger partial charge in [-0.15, -0.1) is 0 Å². The van der Waals surface area contributed by atoms with Gasteiger partial charge in [-0.3, -0.25) is 4.79 Å². The number of methoxy groups -OCH3 is 1. The number of fused-ring (bicyclic) bond motifs is 1. The Morgan fingerprint density at radius 2 is 2.06 bits per heavy atom. The van der Waals surface area contributed by atoms with E-state index in [-0.39, 0.29) is 17.0 Å². The highest BCUT2D eigenvalue weighted by atomic mass is 35.5. The maximum absolute atomic E-state index is 11.3. The molecular formula is C9H8Cl2N4O2. The summed E-state index contributed by atoms with van der Waals surface area (Å²) in [5, 5.41) is 0.176. The first-order valence-electron chi connectivity index (χ1n) is 4.65. The zero-order valence-electron chi connectivity index (χ0n) is 9.07. The Morgan fingerprint density at radius 3 is 2.71 bits per heavy atom. The lowest BCUT2D eigenvalue weighted by Crippen LogP contribution is -2.13. The minimum atomic E-state index is -0.404. The van der Waals surface area contributed by atoms with Gasteiger partial charge in [0.05, 0.1) is 7.11 Å². The fraction of sp³-hybridized carbons (Fsp3) is 0.333. The van der Waals surface area contributed by atoms with Gasteiger partial charge in [0, 0.05) is 0 Å². The molecule has 0 saturated heterocycles.